The summed E-state index contributed by atoms with van der Waals surface area (Å²) in [6, 6.07) is 4.15. The van der Waals surface area contributed by atoms with Gasteiger partial charge in [0.2, 0.25) is 0 Å². The topological polar surface area (TPSA) is 54.5 Å². The highest BCUT2D eigenvalue weighted by Crippen LogP contribution is 2.11. The van der Waals surface area contributed by atoms with Gasteiger partial charge in [-0.2, -0.15) is 5.26 Å². The molecule has 0 atom stereocenters. The van der Waals surface area contributed by atoms with Crippen LogP contribution < -0.4 is 0 Å². The molecule has 2 heterocycles. The van der Waals surface area contributed by atoms with Crippen LogP contribution in [0, 0.1) is 18.3 Å². The average Bonchev–Trinajstić information content (AvgIpc) is 2.61. The van der Waals surface area contributed by atoms with Crippen molar-refractivity contribution < 1.29 is 0 Å². The Morgan fingerprint density at radius 3 is 3.13 bits per heavy atom. The zero-order chi connectivity index (χ0) is 10.7. The molecular formula is C11H12N4. The number of rotatable bonds is 3. The largest absolute Gasteiger partial charge is 0.315 e. The van der Waals surface area contributed by atoms with E-state index in [-0.39, 0.29) is 0 Å². The third kappa shape index (κ3) is 1.96. The Morgan fingerprint density at radius 2 is 2.33 bits per heavy atom. The summed E-state index contributed by atoms with van der Waals surface area (Å²) in [4.78, 5) is 8.61. The number of nitriles is 1. The predicted octanol–water partition coefficient (Wildman–Crippen LogP) is 2.04. The lowest BCUT2D eigenvalue weighted by molar-refractivity contribution is 0.664. The maximum absolute atomic E-state index is 8.45. The van der Waals surface area contributed by atoms with E-state index in [1.165, 1.54) is 0 Å². The van der Waals surface area contributed by atoms with Crippen LogP contribution in [-0.4, -0.2) is 14.5 Å². The monoisotopic (exact) mass is 200 g/mol. The van der Waals surface area contributed by atoms with Gasteiger partial charge in [-0.3, -0.25) is 0 Å². The molecule has 0 amide bonds. The van der Waals surface area contributed by atoms with Crippen molar-refractivity contribution in [2.24, 2.45) is 0 Å². The van der Waals surface area contributed by atoms with Gasteiger partial charge in [-0.25, -0.2) is 9.97 Å². The zero-order valence-electron chi connectivity index (χ0n) is 8.64. The van der Waals surface area contributed by atoms with Gasteiger partial charge in [-0.1, -0.05) is 0 Å². The van der Waals surface area contributed by atoms with Crippen LogP contribution in [0.25, 0.3) is 11.2 Å². The van der Waals surface area contributed by atoms with Crippen molar-refractivity contribution in [3.8, 4) is 6.07 Å². The van der Waals surface area contributed by atoms with Gasteiger partial charge in [0.25, 0.3) is 0 Å². The number of pyridine rings is 1. The van der Waals surface area contributed by atoms with Crippen molar-refractivity contribution in [3.63, 3.8) is 0 Å². The van der Waals surface area contributed by atoms with Gasteiger partial charge in [0.1, 0.15) is 5.52 Å². The summed E-state index contributed by atoms with van der Waals surface area (Å²) < 4.78 is 1.99. The van der Waals surface area contributed by atoms with Crippen molar-refractivity contribution in [2.45, 2.75) is 26.3 Å². The predicted molar refractivity (Wildman–Crippen MR) is 57.1 cm³/mol. The number of hydrogen-bond acceptors (Lipinski definition) is 3. The lowest BCUT2D eigenvalue weighted by Crippen LogP contribution is -1.97. The van der Waals surface area contributed by atoms with Crippen LogP contribution in [0.4, 0.5) is 0 Å². The smallest absolute Gasteiger partial charge is 0.159 e. The lowest BCUT2D eigenvalue weighted by atomic mass is 10.3. The van der Waals surface area contributed by atoms with Gasteiger partial charge in [0.15, 0.2) is 5.65 Å². The fraction of sp³-hybridized carbons (Fsp3) is 0.364. The Balaban J connectivity index is 2.26. The van der Waals surface area contributed by atoms with E-state index in [9.17, 15) is 0 Å². The van der Waals surface area contributed by atoms with E-state index in [0.29, 0.717) is 6.42 Å². The zero-order valence-corrected chi connectivity index (χ0v) is 8.64. The van der Waals surface area contributed by atoms with E-state index >= 15 is 0 Å². The third-order valence-corrected chi connectivity index (χ3v) is 2.28. The number of unbranched alkanes of at least 4 members (excludes halogenated alkanes) is 1. The Bertz CT molecular complexity index is 507. The fourth-order valence-corrected chi connectivity index (χ4v) is 1.54. The van der Waals surface area contributed by atoms with E-state index in [4.69, 9.17) is 5.26 Å². The van der Waals surface area contributed by atoms with Gasteiger partial charge < -0.3 is 4.57 Å². The van der Waals surface area contributed by atoms with Crippen molar-refractivity contribution in [3.05, 3.63) is 24.2 Å². The molecule has 0 aliphatic heterocycles. The van der Waals surface area contributed by atoms with Crippen molar-refractivity contribution >= 4 is 11.2 Å². The van der Waals surface area contributed by atoms with Crippen LogP contribution >= 0.6 is 0 Å². The van der Waals surface area contributed by atoms with E-state index in [2.05, 4.69) is 16.0 Å². The van der Waals surface area contributed by atoms with Crippen LogP contribution in [0.1, 0.15) is 18.4 Å². The first-order valence-electron chi connectivity index (χ1n) is 4.95. The Morgan fingerprint density at radius 1 is 1.47 bits per heavy atom. The highest BCUT2D eigenvalue weighted by Gasteiger charge is 2.03. The quantitative estimate of drug-likeness (QED) is 0.712. The van der Waals surface area contributed by atoms with Gasteiger partial charge >= 0.3 is 0 Å². The highest BCUT2D eigenvalue weighted by molar-refractivity contribution is 5.71. The van der Waals surface area contributed by atoms with E-state index in [0.717, 1.165) is 29.7 Å². The van der Waals surface area contributed by atoms with E-state index < -0.39 is 0 Å². The second-order valence-electron chi connectivity index (χ2n) is 3.56. The van der Waals surface area contributed by atoms with Crippen molar-refractivity contribution in [1.82, 2.24) is 14.5 Å². The summed E-state index contributed by atoms with van der Waals surface area (Å²) in [5.74, 6) is 0. The minimum Gasteiger partial charge on any atom is -0.315 e. The number of fused-ring (bicyclic) bond motifs is 1. The molecule has 0 spiro atoms. The Labute approximate surface area is 88.2 Å². The molecule has 0 fully saturated rings. The molecule has 4 heteroatoms. The minimum atomic E-state index is 0.575. The number of imidazole rings is 1. The molecule has 0 unspecified atom stereocenters. The van der Waals surface area contributed by atoms with Gasteiger partial charge in [0.05, 0.1) is 12.4 Å². The number of nitrogens with zero attached hydrogens (tertiary/aromatic N) is 4. The van der Waals surface area contributed by atoms with Crippen LogP contribution in [0.3, 0.4) is 0 Å². The molecule has 2 aromatic heterocycles. The van der Waals surface area contributed by atoms with Crippen LogP contribution in [0.15, 0.2) is 18.6 Å². The Kier molecular flexibility index (Phi) is 2.64. The molecule has 4 nitrogen and oxygen atoms in total. The summed E-state index contributed by atoms with van der Waals surface area (Å²) in [5.41, 5.74) is 2.94. The molecule has 0 aliphatic carbocycles. The van der Waals surface area contributed by atoms with E-state index in [1.54, 1.807) is 6.33 Å². The second-order valence-corrected chi connectivity index (χ2v) is 3.56. The standard InChI is InChI=1S/C11H12N4/c1-9-6-10-11(13-7-9)15(8-14-10)5-3-2-4-12/h6-8H,2-3,5H2,1H3. The first-order chi connectivity index (χ1) is 7.31. The van der Waals surface area contributed by atoms with Crippen molar-refractivity contribution in [2.75, 3.05) is 0 Å². The normalized spacial score (nSPS) is 10.4. The molecule has 0 aliphatic rings. The summed E-state index contributed by atoms with van der Waals surface area (Å²) in [7, 11) is 0. The van der Waals surface area contributed by atoms with Crippen LogP contribution in [0.5, 0.6) is 0 Å². The first-order valence-corrected chi connectivity index (χ1v) is 4.95. The molecule has 0 saturated heterocycles. The van der Waals surface area contributed by atoms with Gasteiger partial charge in [0, 0.05) is 19.2 Å². The first kappa shape index (κ1) is 9.66. The molecule has 0 saturated carbocycles. The SMILES string of the molecule is Cc1cnc2c(c1)ncn2CCCC#N. The highest BCUT2D eigenvalue weighted by atomic mass is 15.1. The van der Waals surface area contributed by atoms with Gasteiger partial charge in [-0.15, -0.1) is 0 Å². The van der Waals surface area contributed by atoms with Gasteiger partial charge in [-0.05, 0) is 25.0 Å². The molecule has 76 valence electrons. The summed E-state index contributed by atoms with van der Waals surface area (Å²) >= 11 is 0. The molecule has 0 radical (unpaired) electrons. The molecule has 0 aromatic carbocycles. The average molecular weight is 200 g/mol. The second kappa shape index (κ2) is 4.09. The molecule has 2 rings (SSSR count). The fourth-order valence-electron chi connectivity index (χ4n) is 1.54. The summed E-state index contributed by atoms with van der Waals surface area (Å²) in [6.45, 7) is 2.81. The molecule has 0 N–H and O–H groups in total. The molecule has 2 aromatic rings. The third-order valence-electron chi connectivity index (χ3n) is 2.28. The lowest BCUT2D eigenvalue weighted by Gasteiger charge is -2.00. The van der Waals surface area contributed by atoms with E-state index in [1.807, 2.05) is 23.8 Å². The van der Waals surface area contributed by atoms with Crippen LogP contribution in [-0.2, 0) is 6.54 Å². The molecular weight excluding hydrogens is 188 g/mol. The van der Waals surface area contributed by atoms with Crippen molar-refractivity contribution in [1.29, 1.82) is 5.26 Å². The number of aryl methyl sites for hydroxylation is 2. The summed E-state index contributed by atoms with van der Waals surface area (Å²) in [6.07, 6.45) is 5.04. The number of aromatic nitrogens is 3. The maximum Gasteiger partial charge on any atom is 0.159 e. The maximum atomic E-state index is 8.45. The Hall–Kier alpha value is -1.89. The minimum absolute atomic E-state index is 0.575. The van der Waals surface area contributed by atoms with Crippen LogP contribution in [0.2, 0.25) is 0 Å². The number of hydrogen-bond donors (Lipinski definition) is 0. The summed E-state index contributed by atoms with van der Waals surface area (Å²) in [5, 5.41) is 8.45. The molecule has 0 bridgehead atoms. The molecule has 15 heavy (non-hydrogen) atoms.